The van der Waals surface area contributed by atoms with Gasteiger partial charge in [0.25, 0.3) is 0 Å². The van der Waals surface area contributed by atoms with Crippen LogP contribution in [0, 0.1) is 5.92 Å². The number of hydrogen-bond donors (Lipinski definition) is 0. The predicted molar refractivity (Wildman–Crippen MR) is 89.9 cm³/mol. The molecule has 0 N–H and O–H groups in total. The van der Waals surface area contributed by atoms with Crippen molar-refractivity contribution in [3.8, 4) is 0 Å². The zero-order valence-corrected chi connectivity index (χ0v) is 14.0. The Hall–Kier alpha value is -1.55. The average molecular weight is 301 g/mol. The van der Waals surface area contributed by atoms with Gasteiger partial charge >= 0.3 is 0 Å². The van der Waals surface area contributed by atoms with Crippen molar-refractivity contribution in [3.05, 3.63) is 29.8 Å². The molecule has 2 heterocycles. The minimum Gasteiger partial charge on any atom is -0.372 e. The third-order valence-corrected chi connectivity index (χ3v) is 5.07. The van der Waals surface area contributed by atoms with E-state index in [1.165, 1.54) is 11.3 Å². The molecule has 1 aromatic carbocycles. The SMILES string of the molecule is C[C@H]1CN(C)c2ccccc2CN1C(=O)[C@H]1CCCN(C)C1. The van der Waals surface area contributed by atoms with Gasteiger partial charge in [-0.25, -0.2) is 0 Å². The van der Waals surface area contributed by atoms with Gasteiger partial charge in [0.05, 0.1) is 5.92 Å². The second-order valence-corrected chi connectivity index (χ2v) is 6.93. The fourth-order valence-corrected chi connectivity index (χ4v) is 3.85. The fourth-order valence-electron chi connectivity index (χ4n) is 3.85. The summed E-state index contributed by atoms with van der Waals surface area (Å²) in [5, 5.41) is 0. The summed E-state index contributed by atoms with van der Waals surface area (Å²) in [6.45, 7) is 5.82. The Morgan fingerprint density at radius 3 is 2.73 bits per heavy atom. The minimum absolute atomic E-state index is 0.164. The lowest BCUT2D eigenvalue weighted by Gasteiger charge is -2.35. The van der Waals surface area contributed by atoms with Gasteiger partial charge in [0.2, 0.25) is 5.91 Å². The zero-order valence-electron chi connectivity index (χ0n) is 14.0. The van der Waals surface area contributed by atoms with Crippen molar-refractivity contribution in [1.29, 1.82) is 0 Å². The van der Waals surface area contributed by atoms with Crippen molar-refractivity contribution >= 4 is 11.6 Å². The first-order valence-electron chi connectivity index (χ1n) is 8.34. The molecule has 0 aromatic heterocycles. The van der Waals surface area contributed by atoms with E-state index in [-0.39, 0.29) is 12.0 Å². The standard InChI is InChI=1S/C18H27N3O/c1-14-11-20(3)17-9-5-4-7-15(17)13-21(14)18(22)16-8-6-10-19(2)12-16/h4-5,7,9,14,16H,6,8,10-13H2,1-3H3/t14-,16-/m0/s1. The van der Waals surface area contributed by atoms with Crippen LogP contribution in [0.25, 0.3) is 0 Å². The number of amides is 1. The molecule has 0 unspecified atom stereocenters. The van der Waals surface area contributed by atoms with Crippen LogP contribution in [-0.4, -0.2) is 55.5 Å². The summed E-state index contributed by atoms with van der Waals surface area (Å²) >= 11 is 0. The number of hydrogen-bond acceptors (Lipinski definition) is 3. The molecular weight excluding hydrogens is 274 g/mol. The van der Waals surface area contributed by atoms with Crippen LogP contribution < -0.4 is 4.90 Å². The molecule has 4 nitrogen and oxygen atoms in total. The van der Waals surface area contributed by atoms with Crippen LogP contribution >= 0.6 is 0 Å². The first-order valence-corrected chi connectivity index (χ1v) is 8.34. The maximum Gasteiger partial charge on any atom is 0.227 e. The van der Waals surface area contributed by atoms with E-state index in [9.17, 15) is 4.79 Å². The zero-order chi connectivity index (χ0) is 15.7. The number of piperidine rings is 1. The van der Waals surface area contributed by atoms with Gasteiger partial charge < -0.3 is 14.7 Å². The molecule has 2 aliphatic rings. The van der Waals surface area contributed by atoms with Crippen LogP contribution in [0.4, 0.5) is 5.69 Å². The quantitative estimate of drug-likeness (QED) is 0.795. The van der Waals surface area contributed by atoms with Gasteiger partial charge in [-0.1, -0.05) is 18.2 Å². The van der Waals surface area contributed by atoms with Gasteiger partial charge in [-0.15, -0.1) is 0 Å². The first-order chi connectivity index (χ1) is 10.6. The molecule has 2 aliphatic heterocycles. The summed E-state index contributed by atoms with van der Waals surface area (Å²) in [6.07, 6.45) is 2.16. The number of carbonyl (C=O) groups is 1. The van der Waals surface area contributed by atoms with Gasteiger partial charge in [0.15, 0.2) is 0 Å². The number of benzene rings is 1. The Labute approximate surface area is 133 Å². The highest BCUT2D eigenvalue weighted by Gasteiger charge is 2.32. The molecule has 120 valence electrons. The highest BCUT2D eigenvalue weighted by Crippen LogP contribution is 2.28. The molecule has 1 saturated heterocycles. The maximum absolute atomic E-state index is 13.1. The molecule has 0 saturated carbocycles. The Morgan fingerprint density at radius 1 is 1.18 bits per heavy atom. The number of anilines is 1. The number of para-hydroxylation sites is 1. The van der Waals surface area contributed by atoms with Crippen LogP contribution in [0.2, 0.25) is 0 Å². The Morgan fingerprint density at radius 2 is 1.95 bits per heavy atom. The predicted octanol–water partition coefficient (Wildman–Crippen LogP) is 2.20. The summed E-state index contributed by atoms with van der Waals surface area (Å²) in [4.78, 5) is 19.7. The third kappa shape index (κ3) is 2.98. The fraction of sp³-hybridized carbons (Fsp3) is 0.611. The van der Waals surface area contributed by atoms with E-state index in [0.29, 0.717) is 5.91 Å². The lowest BCUT2D eigenvalue weighted by molar-refractivity contribution is -0.139. The molecule has 0 spiro atoms. The normalized spacial score (nSPS) is 26.5. The summed E-state index contributed by atoms with van der Waals surface area (Å²) in [7, 11) is 4.24. The van der Waals surface area contributed by atoms with Crippen molar-refractivity contribution in [2.24, 2.45) is 5.92 Å². The van der Waals surface area contributed by atoms with Crippen LogP contribution in [0.15, 0.2) is 24.3 Å². The third-order valence-electron chi connectivity index (χ3n) is 5.07. The van der Waals surface area contributed by atoms with E-state index in [2.05, 4.69) is 60.0 Å². The largest absolute Gasteiger partial charge is 0.372 e. The number of rotatable bonds is 1. The van der Waals surface area contributed by atoms with Crippen molar-refractivity contribution in [3.63, 3.8) is 0 Å². The second-order valence-electron chi connectivity index (χ2n) is 6.93. The highest BCUT2D eigenvalue weighted by molar-refractivity contribution is 5.80. The molecule has 0 aliphatic carbocycles. The van der Waals surface area contributed by atoms with Crippen LogP contribution in [0.3, 0.4) is 0 Å². The van der Waals surface area contributed by atoms with Crippen LogP contribution in [0.5, 0.6) is 0 Å². The van der Waals surface area contributed by atoms with Gasteiger partial charge in [0.1, 0.15) is 0 Å². The van der Waals surface area contributed by atoms with Crippen LogP contribution in [-0.2, 0) is 11.3 Å². The molecule has 0 radical (unpaired) electrons. The summed E-state index contributed by atoms with van der Waals surface area (Å²) < 4.78 is 0. The molecule has 0 bridgehead atoms. The smallest absolute Gasteiger partial charge is 0.227 e. The number of fused-ring (bicyclic) bond motifs is 1. The Kier molecular flexibility index (Phi) is 4.39. The minimum atomic E-state index is 0.164. The molecule has 1 fully saturated rings. The highest BCUT2D eigenvalue weighted by atomic mass is 16.2. The van der Waals surface area contributed by atoms with Crippen molar-refractivity contribution in [1.82, 2.24) is 9.80 Å². The van der Waals surface area contributed by atoms with Crippen molar-refractivity contribution in [2.75, 3.05) is 38.6 Å². The van der Waals surface area contributed by atoms with Gasteiger partial charge in [0, 0.05) is 38.4 Å². The van der Waals surface area contributed by atoms with Gasteiger partial charge in [-0.3, -0.25) is 4.79 Å². The topological polar surface area (TPSA) is 26.8 Å². The molecular formula is C18H27N3O. The van der Waals surface area contributed by atoms with Crippen molar-refractivity contribution in [2.45, 2.75) is 32.4 Å². The number of nitrogens with zero attached hydrogens (tertiary/aromatic N) is 3. The Balaban J connectivity index is 1.82. The van der Waals surface area contributed by atoms with E-state index < -0.39 is 0 Å². The summed E-state index contributed by atoms with van der Waals surface area (Å²) in [5.74, 6) is 0.501. The lowest BCUT2D eigenvalue weighted by Crippen LogP contribution is -2.48. The molecule has 22 heavy (non-hydrogen) atoms. The van der Waals surface area contributed by atoms with E-state index in [1.807, 2.05) is 0 Å². The van der Waals surface area contributed by atoms with E-state index in [1.54, 1.807) is 0 Å². The van der Waals surface area contributed by atoms with Crippen molar-refractivity contribution < 1.29 is 4.79 Å². The van der Waals surface area contributed by atoms with E-state index in [0.717, 1.165) is 39.0 Å². The van der Waals surface area contributed by atoms with Gasteiger partial charge in [-0.05, 0) is 45.0 Å². The number of likely N-dealkylation sites (tertiary alicyclic amines) is 1. The number of likely N-dealkylation sites (N-methyl/N-ethyl adjacent to an activating group) is 1. The molecule has 3 rings (SSSR count). The monoisotopic (exact) mass is 301 g/mol. The molecule has 2 atom stereocenters. The summed E-state index contributed by atoms with van der Waals surface area (Å²) in [5.41, 5.74) is 2.51. The van der Waals surface area contributed by atoms with E-state index in [4.69, 9.17) is 0 Å². The Bertz CT molecular complexity index is 545. The lowest BCUT2D eigenvalue weighted by atomic mass is 9.96. The number of carbonyl (C=O) groups excluding carboxylic acids is 1. The molecule has 4 heteroatoms. The first kappa shape index (κ1) is 15.3. The average Bonchev–Trinajstić information content (AvgIpc) is 2.63. The molecule has 1 amide bonds. The molecule has 1 aromatic rings. The van der Waals surface area contributed by atoms with Crippen LogP contribution in [0.1, 0.15) is 25.3 Å². The van der Waals surface area contributed by atoms with E-state index >= 15 is 0 Å². The summed E-state index contributed by atoms with van der Waals surface area (Å²) in [6, 6.07) is 8.70. The second kappa shape index (κ2) is 6.29. The maximum atomic E-state index is 13.1. The van der Waals surface area contributed by atoms with Gasteiger partial charge in [-0.2, -0.15) is 0 Å².